The Kier molecular flexibility index (Phi) is 5.70. The standard InChI is InChI=1S/C14H21NO2/c1-3-15(9-10-16)14(17)12(2)11-13-7-5-4-6-8-13/h4-8,12,16H,3,9-11H2,1-2H3. The molecule has 0 aliphatic carbocycles. The van der Waals surface area contributed by atoms with E-state index in [1.807, 2.05) is 44.2 Å². The lowest BCUT2D eigenvalue weighted by Crippen LogP contribution is -2.37. The van der Waals surface area contributed by atoms with Crippen LogP contribution in [0.3, 0.4) is 0 Å². The Morgan fingerprint density at radius 2 is 2.00 bits per heavy atom. The summed E-state index contributed by atoms with van der Waals surface area (Å²) in [5, 5.41) is 8.89. The molecule has 0 saturated carbocycles. The minimum Gasteiger partial charge on any atom is -0.395 e. The van der Waals surface area contributed by atoms with Crippen LogP contribution in [0.15, 0.2) is 30.3 Å². The summed E-state index contributed by atoms with van der Waals surface area (Å²) < 4.78 is 0. The van der Waals surface area contributed by atoms with Crippen molar-refractivity contribution in [2.75, 3.05) is 19.7 Å². The lowest BCUT2D eigenvalue weighted by molar-refractivity contribution is -0.135. The second-order valence-corrected chi connectivity index (χ2v) is 4.23. The number of aliphatic hydroxyl groups is 1. The molecule has 1 N–H and O–H groups in total. The fourth-order valence-electron chi connectivity index (χ4n) is 1.91. The summed E-state index contributed by atoms with van der Waals surface area (Å²) in [5.74, 6) is 0.0781. The molecule has 1 aromatic carbocycles. The smallest absolute Gasteiger partial charge is 0.225 e. The third-order valence-electron chi connectivity index (χ3n) is 2.87. The molecule has 1 amide bonds. The Morgan fingerprint density at radius 1 is 1.35 bits per heavy atom. The molecule has 0 aliphatic heterocycles. The van der Waals surface area contributed by atoms with Crippen molar-refractivity contribution in [2.24, 2.45) is 5.92 Å². The summed E-state index contributed by atoms with van der Waals surface area (Å²) >= 11 is 0. The number of amides is 1. The van der Waals surface area contributed by atoms with Crippen molar-refractivity contribution in [3.63, 3.8) is 0 Å². The fraction of sp³-hybridized carbons (Fsp3) is 0.500. The van der Waals surface area contributed by atoms with Crippen LogP contribution in [-0.2, 0) is 11.2 Å². The normalized spacial score (nSPS) is 12.2. The lowest BCUT2D eigenvalue weighted by atomic mass is 10.00. The highest BCUT2D eigenvalue weighted by Gasteiger charge is 2.18. The molecule has 0 spiro atoms. The molecule has 1 aromatic rings. The number of hydrogen-bond donors (Lipinski definition) is 1. The first-order valence-corrected chi connectivity index (χ1v) is 6.12. The molecular weight excluding hydrogens is 214 g/mol. The average molecular weight is 235 g/mol. The summed E-state index contributed by atoms with van der Waals surface area (Å²) in [4.78, 5) is 13.8. The minimum atomic E-state index is -0.0381. The molecule has 1 rings (SSSR count). The maximum absolute atomic E-state index is 12.1. The van der Waals surface area contributed by atoms with E-state index in [1.165, 1.54) is 5.56 Å². The zero-order valence-corrected chi connectivity index (χ0v) is 10.6. The van der Waals surface area contributed by atoms with E-state index >= 15 is 0 Å². The first kappa shape index (κ1) is 13.7. The van der Waals surface area contributed by atoms with Crippen LogP contribution in [0.2, 0.25) is 0 Å². The Hall–Kier alpha value is -1.35. The molecule has 0 saturated heterocycles. The van der Waals surface area contributed by atoms with E-state index in [9.17, 15) is 4.79 Å². The van der Waals surface area contributed by atoms with Gasteiger partial charge in [0.05, 0.1) is 6.61 Å². The number of rotatable bonds is 6. The number of nitrogens with zero attached hydrogens (tertiary/aromatic N) is 1. The summed E-state index contributed by atoms with van der Waals surface area (Å²) in [6.45, 7) is 4.97. The number of carbonyl (C=O) groups is 1. The molecule has 0 heterocycles. The Balaban J connectivity index is 2.57. The number of likely N-dealkylation sites (N-methyl/N-ethyl adjacent to an activating group) is 1. The molecule has 0 radical (unpaired) electrons. The van der Waals surface area contributed by atoms with E-state index in [4.69, 9.17) is 5.11 Å². The molecule has 17 heavy (non-hydrogen) atoms. The zero-order valence-electron chi connectivity index (χ0n) is 10.6. The molecular formula is C14H21NO2. The molecule has 3 nitrogen and oxygen atoms in total. The number of aliphatic hydroxyl groups excluding tert-OH is 1. The molecule has 1 atom stereocenters. The van der Waals surface area contributed by atoms with Gasteiger partial charge in [-0.05, 0) is 18.9 Å². The summed E-state index contributed by atoms with van der Waals surface area (Å²) in [6, 6.07) is 10.0. The summed E-state index contributed by atoms with van der Waals surface area (Å²) in [7, 11) is 0. The van der Waals surface area contributed by atoms with Crippen LogP contribution in [0, 0.1) is 5.92 Å². The number of benzene rings is 1. The van der Waals surface area contributed by atoms with Crippen LogP contribution >= 0.6 is 0 Å². The van der Waals surface area contributed by atoms with Gasteiger partial charge < -0.3 is 10.0 Å². The molecule has 94 valence electrons. The van der Waals surface area contributed by atoms with Crippen LogP contribution in [0.1, 0.15) is 19.4 Å². The van der Waals surface area contributed by atoms with E-state index in [2.05, 4.69) is 0 Å². The van der Waals surface area contributed by atoms with Crippen molar-refractivity contribution in [3.8, 4) is 0 Å². The van der Waals surface area contributed by atoms with Crippen LogP contribution in [0.25, 0.3) is 0 Å². The maximum Gasteiger partial charge on any atom is 0.225 e. The van der Waals surface area contributed by atoms with Gasteiger partial charge in [0.1, 0.15) is 0 Å². The second kappa shape index (κ2) is 7.07. The van der Waals surface area contributed by atoms with Gasteiger partial charge in [0.15, 0.2) is 0 Å². The van der Waals surface area contributed by atoms with Crippen molar-refractivity contribution in [3.05, 3.63) is 35.9 Å². The molecule has 0 aromatic heterocycles. The van der Waals surface area contributed by atoms with Crippen LogP contribution in [0.4, 0.5) is 0 Å². The summed E-state index contributed by atoms with van der Waals surface area (Å²) in [5.41, 5.74) is 1.17. The molecule has 0 fully saturated rings. The third kappa shape index (κ3) is 4.19. The third-order valence-corrected chi connectivity index (χ3v) is 2.87. The van der Waals surface area contributed by atoms with Gasteiger partial charge in [0.2, 0.25) is 5.91 Å². The van der Waals surface area contributed by atoms with Gasteiger partial charge in [-0.1, -0.05) is 37.3 Å². The average Bonchev–Trinajstić information content (AvgIpc) is 2.36. The van der Waals surface area contributed by atoms with Crippen molar-refractivity contribution < 1.29 is 9.90 Å². The van der Waals surface area contributed by atoms with E-state index in [0.717, 1.165) is 6.42 Å². The lowest BCUT2D eigenvalue weighted by Gasteiger charge is -2.23. The highest BCUT2D eigenvalue weighted by molar-refractivity contribution is 5.78. The van der Waals surface area contributed by atoms with Crippen molar-refractivity contribution in [1.82, 2.24) is 4.90 Å². The molecule has 3 heteroatoms. The predicted molar refractivity (Wildman–Crippen MR) is 68.6 cm³/mol. The van der Waals surface area contributed by atoms with Gasteiger partial charge in [-0.25, -0.2) is 0 Å². The fourth-order valence-corrected chi connectivity index (χ4v) is 1.91. The van der Waals surface area contributed by atoms with Crippen molar-refractivity contribution in [1.29, 1.82) is 0 Å². The quantitative estimate of drug-likeness (QED) is 0.815. The van der Waals surface area contributed by atoms with E-state index in [-0.39, 0.29) is 18.4 Å². The van der Waals surface area contributed by atoms with Gasteiger partial charge >= 0.3 is 0 Å². The Bertz CT molecular complexity index is 337. The van der Waals surface area contributed by atoms with E-state index in [1.54, 1.807) is 4.90 Å². The van der Waals surface area contributed by atoms with Crippen molar-refractivity contribution >= 4 is 5.91 Å². The monoisotopic (exact) mass is 235 g/mol. The number of carbonyl (C=O) groups excluding carboxylic acids is 1. The van der Waals surface area contributed by atoms with Gasteiger partial charge in [0.25, 0.3) is 0 Å². The summed E-state index contributed by atoms with van der Waals surface area (Å²) in [6.07, 6.45) is 0.752. The van der Waals surface area contributed by atoms with Crippen LogP contribution < -0.4 is 0 Å². The van der Waals surface area contributed by atoms with E-state index in [0.29, 0.717) is 13.1 Å². The van der Waals surface area contributed by atoms with Gasteiger partial charge in [-0.2, -0.15) is 0 Å². The Labute approximate surface area is 103 Å². The zero-order chi connectivity index (χ0) is 12.7. The van der Waals surface area contributed by atoms with Gasteiger partial charge in [0, 0.05) is 19.0 Å². The molecule has 0 aliphatic rings. The van der Waals surface area contributed by atoms with Gasteiger partial charge in [-0.15, -0.1) is 0 Å². The van der Waals surface area contributed by atoms with Crippen molar-refractivity contribution in [2.45, 2.75) is 20.3 Å². The van der Waals surface area contributed by atoms with Crippen LogP contribution in [-0.4, -0.2) is 35.6 Å². The first-order chi connectivity index (χ1) is 8.19. The molecule has 0 bridgehead atoms. The molecule has 1 unspecified atom stereocenters. The SMILES string of the molecule is CCN(CCO)C(=O)C(C)Cc1ccccc1. The number of hydrogen-bond acceptors (Lipinski definition) is 2. The van der Waals surface area contributed by atoms with E-state index < -0.39 is 0 Å². The first-order valence-electron chi connectivity index (χ1n) is 6.12. The highest BCUT2D eigenvalue weighted by Crippen LogP contribution is 2.11. The minimum absolute atomic E-state index is 0.0254. The second-order valence-electron chi connectivity index (χ2n) is 4.23. The van der Waals surface area contributed by atoms with Gasteiger partial charge in [-0.3, -0.25) is 4.79 Å². The highest BCUT2D eigenvalue weighted by atomic mass is 16.3. The predicted octanol–water partition coefficient (Wildman–Crippen LogP) is 1.71. The van der Waals surface area contributed by atoms with Crippen LogP contribution in [0.5, 0.6) is 0 Å². The Morgan fingerprint density at radius 3 is 2.53 bits per heavy atom. The topological polar surface area (TPSA) is 40.5 Å². The maximum atomic E-state index is 12.1. The largest absolute Gasteiger partial charge is 0.395 e.